The van der Waals surface area contributed by atoms with E-state index in [0.29, 0.717) is 12.5 Å². The Kier molecular flexibility index (Phi) is 3.71. The fourth-order valence-corrected chi connectivity index (χ4v) is 2.27. The van der Waals surface area contributed by atoms with Crippen molar-refractivity contribution in [3.63, 3.8) is 0 Å². The summed E-state index contributed by atoms with van der Waals surface area (Å²) in [5.41, 5.74) is -0.263. The highest BCUT2D eigenvalue weighted by Crippen LogP contribution is 2.31. The number of halogens is 3. The van der Waals surface area contributed by atoms with Gasteiger partial charge in [-0.1, -0.05) is 18.5 Å². The molecule has 0 saturated carbocycles. The van der Waals surface area contributed by atoms with Crippen LogP contribution in [0, 0.1) is 11.6 Å². The van der Waals surface area contributed by atoms with Gasteiger partial charge in [0.2, 0.25) is 11.8 Å². The third-order valence-corrected chi connectivity index (χ3v) is 3.15. The Hall–Kier alpha value is -1.69. The normalized spacial score (nSPS) is 19.6. The first-order valence-corrected chi connectivity index (χ1v) is 6.07. The lowest BCUT2D eigenvalue weighted by Crippen LogP contribution is -2.58. The molecule has 7 heteroatoms. The number of nitrogens with one attached hydrogen (secondary N) is 1. The Bertz CT molecular complexity index is 528. The van der Waals surface area contributed by atoms with Crippen molar-refractivity contribution in [3.05, 3.63) is 28.8 Å². The van der Waals surface area contributed by atoms with Crippen LogP contribution in [0.1, 0.15) is 13.3 Å². The molecule has 1 fully saturated rings. The van der Waals surface area contributed by atoms with Gasteiger partial charge in [0.05, 0.1) is 10.7 Å². The van der Waals surface area contributed by atoms with E-state index in [1.165, 1.54) is 0 Å². The number of benzene rings is 1. The number of amides is 2. The smallest absolute Gasteiger partial charge is 0.250 e. The Morgan fingerprint density at radius 3 is 2.68 bits per heavy atom. The molecule has 4 nitrogen and oxygen atoms in total. The minimum atomic E-state index is -0.970. The molecule has 1 aliphatic rings. The maximum Gasteiger partial charge on any atom is 0.250 e. The summed E-state index contributed by atoms with van der Waals surface area (Å²) < 4.78 is 26.8. The molecule has 1 aliphatic heterocycles. The summed E-state index contributed by atoms with van der Waals surface area (Å²) in [7, 11) is 0. The van der Waals surface area contributed by atoms with Crippen LogP contribution in [0.3, 0.4) is 0 Å². The second kappa shape index (κ2) is 5.13. The molecule has 0 aliphatic carbocycles. The molecule has 1 atom stereocenters. The summed E-state index contributed by atoms with van der Waals surface area (Å²) in [6, 6.07) is 0.810. The van der Waals surface area contributed by atoms with Crippen molar-refractivity contribution < 1.29 is 18.4 Å². The molecule has 19 heavy (non-hydrogen) atoms. The van der Waals surface area contributed by atoms with E-state index in [1.807, 2.05) is 0 Å². The van der Waals surface area contributed by atoms with Gasteiger partial charge in [-0.15, -0.1) is 0 Å². The minimum absolute atomic E-state index is 0.240. The van der Waals surface area contributed by atoms with E-state index in [1.54, 1.807) is 6.92 Å². The van der Waals surface area contributed by atoms with Crippen LogP contribution in [-0.4, -0.2) is 24.4 Å². The second-order valence-corrected chi connectivity index (χ2v) is 4.58. The van der Waals surface area contributed by atoms with Crippen molar-refractivity contribution in [3.8, 4) is 0 Å². The van der Waals surface area contributed by atoms with Crippen LogP contribution >= 0.6 is 11.6 Å². The van der Waals surface area contributed by atoms with Crippen molar-refractivity contribution in [2.24, 2.45) is 0 Å². The van der Waals surface area contributed by atoms with Gasteiger partial charge in [-0.25, -0.2) is 8.78 Å². The zero-order chi connectivity index (χ0) is 14.2. The highest BCUT2D eigenvalue weighted by Gasteiger charge is 2.34. The van der Waals surface area contributed by atoms with E-state index in [2.05, 4.69) is 5.32 Å². The van der Waals surface area contributed by atoms with Crippen LogP contribution in [0.5, 0.6) is 0 Å². The average molecular weight is 289 g/mol. The molecule has 1 unspecified atom stereocenters. The molecule has 1 aromatic rings. The lowest BCUT2D eigenvalue weighted by atomic mass is 10.1. The van der Waals surface area contributed by atoms with E-state index in [9.17, 15) is 18.4 Å². The van der Waals surface area contributed by atoms with Gasteiger partial charge in [-0.05, 0) is 12.5 Å². The Labute approximate surface area is 113 Å². The van der Waals surface area contributed by atoms with E-state index >= 15 is 0 Å². The van der Waals surface area contributed by atoms with E-state index in [0.717, 1.165) is 11.0 Å². The van der Waals surface area contributed by atoms with E-state index in [4.69, 9.17) is 11.6 Å². The molecule has 1 aromatic carbocycles. The summed E-state index contributed by atoms with van der Waals surface area (Å²) in [6.07, 6.45) is 0.376. The van der Waals surface area contributed by atoms with Gasteiger partial charge >= 0.3 is 0 Å². The SMILES string of the molecule is CCC1NC(=O)CN(c2c(F)cc(F)cc2Cl)C1=O. The molecule has 1 N–H and O–H groups in total. The van der Waals surface area contributed by atoms with Crippen molar-refractivity contribution in [2.75, 3.05) is 11.4 Å². The van der Waals surface area contributed by atoms with Gasteiger partial charge in [0.15, 0.2) is 5.82 Å². The fourth-order valence-electron chi connectivity index (χ4n) is 1.97. The van der Waals surface area contributed by atoms with Crippen molar-refractivity contribution in [1.29, 1.82) is 0 Å². The minimum Gasteiger partial charge on any atom is -0.343 e. The summed E-state index contributed by atoms with van der Waals surface area (Å²) >= 11 is 5.77. The predicted molar refractivity (Wildman–Crippen MR) is 65.9 cm³/mol. The maximum atomic E-state index is 13.8. The summed E-state index contributed by atoms with van der Waals surface area (Å²) in [5, 5.41) is 2.26. The van der Waals surface area contributed by atoms with Crippen LogP contribution < -0.4 is 10.2 Å². The van der Waals surface area contributed by atoms with Crippen molar-refractivity contribution in [2.45, 2.75) is 19.4 Å². The molecule has 0 spiro atoms. The van der Waals surface area contributed by atoms with Gasteiger partial charge in [0.25, 0.3) is 0 Å². The number of rotatable bonds is 2. The zero-order valence-electron chi connectivity index (χ0n) is 10.0. The molecular formula is C12H11ClF2N2O2. The van der Waals surface area contributed by atoms with Gasteiger partial charge in [-0.3, -0.25) is 14.5 Å². The zero-order valence-corrected chi connectivity index (χ0v) is 10.8. The van der Waals surface area contributed by atoms with Gasteiger partial charge < -0.3 is 5.32 Å². The highest BCUT2D eigenvalue weighted by atomic mass is 35.5. The Morgan fingerprint density at radius 2 is 2.11 bits per heavy atom. The highest BCUT2D eigenvalue weighted by molar-refractivity contribution is 6.34. The molecule has 1 saturated heterocycles. The quantitative estimate of drug-likeness (QED) is 0.903. The average Bonchev–Trinajstić information content (AvgIpc) is 2.31. The van der Waals surface area contributed by atoms with Crippen LogP contribution in [0.15, 0.2) is 12.1 Å². The van der Waals surface area contributed by atoms with Crippen molar-refractivity contribution >= 4 is 29.1 Å². The third-order valence-electron chi connectivity index (χ3n) is 2.86. The summed E-state index contributed by atoms with van der Waals surface area (Å²) in [5.74, 6) is -2.68. The molecule has 0 aromatic heterocycles. The Morgan fingerprint density at radius 1 is 1.42 bits per heavy atom. The fraction of sp³-hybridized carbons (Fsp3) is 0.333. The summed E-state index contributed by atoms with van der Waals surface area (Å²) in [4.78, 5) is 24.5. The largest absolute Gasteiger partial charge is 0.343 e. The van der Waals surface area contributed by atoms with E-state index < -0.39 is 29.5 Å². The predicted octanol–water partition coefficient (Wildman–Crippen LogP) is 1.86. The molecular weight excluding hydrogens is 278 g/mol. The molecule has 1 heterocycles. The maximum absolute atomic E-state index is 13.8. The first kappa shape index (κ1) is 13.7. The lowest BCUT2D eigenvalue weighted by molar-refractivity contribution is -0.131. The lowest BCUT2D eigenvalue weighted by Gasteiger charge is -2.32. The molecule has 2 rings (SSSR count). The standard InChI is InChI=1S/C12H11ClF2N2O2/c1-2-9-12(19)17(5-10(18)16-9)11-7(13)3-6(14)4-8(11)15/h3-4,9H,2,5H2,1H3,(H,16,18). The van der Waals surface area contributed by atoms with Gasteiger partial charge in [-0.2, -0.15) is 0 Å². The number of piperazine rings is 1. The molecule has 0 radical (unpaired) electrons. The molecule has 102 valence electrons. The molecule has 0 bridgehead atoms. The van der Waals surface area contributed by atoms with Crippen molar-refractivity contribution in [1.82, 2.24) is 5.32 Å². The number of nitrogens with zero attached hydrogens (tertiary/aromatic N) is 1. The third kappa shape index (κ3) is 2.53. The van der Waals surface area contributed by atoms with Crippen LogP contribution in [-0.2, 0) is 9.59 Å². The number of carbonyl (C=O) groups excluding carboxylic acids is 2. The van der Waals surface area contributed by atoms with Crippen LogP contribution in [0.2, 0.25) is 5.02 Å². The monoisotopic (exact) mass is 288 g/mol. The van der Waals surface area contributed by atoms with E-state index in [-0.39, 0.29) is 17.3 Å². The molecule has 2 amide bonds. The summed E-state index contributed by atoms with van der Waals surface area (Å²) in [6.45, 7) is 1.38. The number of carbonyl (C=O) groups is 2. The first-order chi connectivity index (χ1) is 8.93. The number of anilines is 1. The van der Waals surface area contributed by atoms with Crippen LogP contribution in [0.25, 0.3) is 0 Å². The second-order valence-electron chi connectivity index (χ2n) is 4.17. The number of hydrogen-bond acceptors (Lipinski definition) is 2. The van der Waals surface area contributed by atoms with Gasteiger partial charge in [0, 0.05) is 6.07 Å². The Balaban J connectivity index is 2.45. The topological polar surface area (TPSA) is 49.4 Å². The first-order valence-electron chi connectivity index (χ1n) is 5.69. The number of hydrogen-bond donors (Lipinski definition) is 1. The van der Waals surface area contributed by atoms with Crippen LogP contribution in [0.4, 0.5) is 14.5 Å². The van der Waals surface area contributed by atoms with Gasteiger partial charge in [0.1, 0.15) is 18.4 Å².